The zero-order valence-corrected chi connectivity index (χ0v) is 24.4. The van der Waals surface area contributed by atoms with Crippen LogP contribution in [0.1, 0.15) is 39.9 Å². The van der Waals surface area contributed by atoms with Crippen molar-refractivity contribution in [3.8, 4) is 0 Å². The van der Waals surface area contributed by atoms with E-state index < -0.39 is 17.8 Å². The van der Waals surface area contributed by atoms with Gasteiger partial charge in [-0.3, -0.25) is 29.5 Å². The Morgan fingerprint density at radius 3 is 2.27 bits per heavy atom. The molecule has 0 saturated carbocycles. The summed E-state index contributed by atoms with van der Waals surface area (Å²) in [6.45, 7) is 10.7. The first-order valence-electron chi connectivity index (χ1n) is 14.9. The number of amides is 3. The second kappa shape index (κ2) is 11.4. The summed E-state index contributed by atoms with van der Waals surface area (Å²) in [7, 11) is 0. The number of hydrogen-bond donors (Lipinski definition) is 1. The average Bonchev–Trinajstić information content (AvgIpc) is 3.32. The molecule has 2 saturated heterocycles. The fourth-order valence-corrected chi connectivity index (χ4v) is 6.72. The van der Waals surface area contributed by atoms with Gasteiger partial charge in [-0.1, -0.05) is 36.4 Å². The molecular formula is C35H29F2N5O3. The van der Waals surface area contributed by atoms with E-state index in [0.29, 0.717) is 52.9 Å². The summed E-state index contributed by atoms with van der Waals surface area (Å²) < 4.78 is 29.9. The summed E-state index contributed by atoms with van der Waals surface area (Å²) >= 11 is 0. The minimum atomic E-state index is -0.826. The lowest BCUT2D eigenvalue weighted by molar-refractivity contribution is -0.134. The van der Waals surface area contributed by atoms with Crippen molar-refractivity contribution in [1.82, 2.24) is 10.2 Å². The van der Waals surface area contributed by atoms with Crippen molar-refractivity contribution in [2.24, 2.45) is 0 Å². The van der Waals surface area contributed by atoms with Gasteiger partial charge >= 0.3 is 0 Å². The molecule has 1 unspecified atom stereocenters. The van der Waals surface area contributed by atoms with Gasteiger partial charge in [0.1, 0.15) is 17.7 Å². The van der Waals surface area contributed by atoms with Crippen LogP contribution in [0, 0.1) is 18.2 Å². The molecule has 4 aromatic carbocycles. The highest BCUT2D eigenvalue weighted by Gasteiger charge is 2.41. The molecule has 226 valence electrons. The highest BCUT2D eigenvalue weighted by Crippen LogP contribution is 2.42. The molecule has 45 heavy (non-hydrogen) atoms. The summed E-state index contributed by atoms with van der Waals surface area (Å²) in [5.74, 6) is -2.05. The van der Waals surface area contributed by atoms with Gasteiger partial charge in [0.15, 0.2) is 5.69 Å². The van der Waals surface area contributed by atoms with Crippen LogP contribution in [0.2, 0.25) is 0 Å². The number of halogens is 2. The zero-order chi connectivity index (χ0) is 31.2. The van der Waals surface area contributed by atoms with Crippen LogP contribution in [-0.2, 0) is 22.6 Å². The summed E-state index contributed by atoms with van der Waals surface area (Å²) in [6, 6.07) is 18.3. The van der Waals surface area contributed by atoms with Crippen LogP contribution in [0.5, 0.6) is 0 Å². The van der Waals surface area contributed by atoms with Crippen molar-refractivity contribution in [1.29, 1.82) is 0 Å². The quantitative estimate of drug-likeness (QED) is 0.237. The third-order valence-electron chi connectivity index (χ3n) is 9.00. The minimum absolute atomic E-state index is 0.137. The van der Waals surface area contributed by atoms with E-state index >= 15 is 4.39 Å². The number of carbonyl (C=O) groups is 3. The molecule has 0 aromatic heterocycles. The van der Waals surface area contributed by atoms with Gasteiger partial charge in [-0.05, 0) is 59.9 Å². The number of nitrogens with one attached hydrogen (secondary N) is 1. The van der Waals surface area contributed by atoms with E-state index in [4.69, 9.17) is 6.57 Å². The number of piperidine rings is 1. The lowest BCUT2D eigenvalue weighted by Crippen LogP contribution is -2.53. The van der Waals surface area contributed by atoms with Crippen LogP contribution in [0.3, 0.4) is 0 Å². The van der Waals surface area contributed by atoms with Crippen molar-refractivity contribution >= 4 is 45.6 Å². The molecule has 8 nitrogen and oxygen atoms in total. The van der Waals surface area contributed by atoms with Gasteiger partial charge < -0.3 is 4.90 Å². The Kier molecular flexibility index (Phi) is 7.26. The van der Waals surface area contributed by atoms with Crippen LogP contribution >= 0.6 is 0 Å². The van der Waals surface area contributed by atoms with Gasteiger partial charge in [-0.15, -0.1) is 0 Å². The average molecular weight is 606 g/mol. The Morgan fingerprint density at radius 1 is 0.822 bits per heavy atom. The minimum Gasteiger partial charge on any atom is -0.367 e. The molecule has 0 bridgehead atoms. The molecule has 2 fully saturated rings. The molecule has 3 aliphatic rings. The van der Waals surface area contributed by atoms with E-state index in [1.807, 2.05) is 23.1 Å². The van der Waals surface area contributed by atoms with Crippen molar-refractivity contribution < 1.29 is 23.2 Å². The molecule has 1 atom stereocenters. The second-order valence-corrected chi connectivity index (χ2v) is 11.7. The summed E-state index contributed by atoms with van der Waals surface area (Å²) in [6.07, 6.45) is 0.812. The number of imide groups is 1. The first kappa shape index (κ1) is 28.6. The Balaban J connectivity index is 1.05. The van der Waals surface area contributed by atoms with E-state index in [1.54, 1.807) is 18.2 Å². The fourth-order valence-electron chi connectivity index (χ4n) is 6.72. The largest absolute Gasteiger partial charge is 0.367 e. The lowest BCUT2D eigenvalue weighted by atomic mass is 9.95. The predicted octanol–water partition coefficient (Wildman–Crippen LogP) is 5.35. The van der Waals surface area contributed by atoms with Gasteiger partial charge in [0.2, 0.25) is 11.8 Å². The Morgan fingerprint density at radius 2 is 1.56 bits per heavy atom. The first-order valence-corrected chi connectivity index (χ1v) is 14.9. The maximum Gasteiger partial charge on any atom is 0.259 e. The SMILES string of the molecule is [C-]#[N+]c1ccc(N2CCN(Cc3ccc(Cc4ccc5c6c(ccc(F)c46)C(=O)N5C4CCC(=O)NC4=O)cc3)CC2)c(F)c1. The maximum atomic E-state index is 15.4. The van der Waals surface area contributed by atoms with Crippen molar-refractivity contribution in [3.05, 3.63) is 112 Å². The molecule has 1 N–H and O–H groups in total. The predicted molar refractivity (Wildman–Crippen MR) is 166 cm³/mol. The molecule has 4 aromatic rings. The van der Waals surface area contributed by atoms with Crippen molar-refractivity contribution in [3.63, 3.8) is 0 Å². The normalized spacial score (nSPS) is 18.4. The van der Waals surface area contributed by atoms with Crippen LogP contribution in [-0.4, -0.2) is 54.8 Å². The summed E-state index contributed by atoms with van der Waals surface area (Å²) in [4.78, 5) is 46.7. The number of rotatable bonds is 6. The molecule has 0 radical (unpaired) electrons. The third kappa shape index (κ3) is 5.19. The van der Waals surface area contributed by atoms with Gasteiger partial charge in [-0.25, -0.2) is 13.6 Å². The molecule has 0 spiro atoms. The standard InChI is InChI=1S/C35H29F2N5O3/c1-38-24-7-11-28(27(37)19-24)41-16-14-40(15-17-41)20-22-4-2-21(3-5-22)18-23-6-10-29-33-25(8-9-26(36)32(23)33)35(45)42(29)30-12-13-31(43)39-34(30)44/h2-11,19,30H,12-18,20H2,(H,39,43,44). The van der Waals surface area contributed by atoms with E-state index in [9.17, 15) is 18.8 Å². The van der Waals surface area contributed by atoms with Crippen molar-refractivity contribution in [2.45, 2.75) is 31.8 Å². The zero-order valence-electron chi connectivity index (χ0n) is 24.4. The Labute approximate surface area is 258 Å². The molecule has 3 heterocycles. The van der Waals surface area contributed by atoms with E-state index in [2.05, 4.69) is 27.2 Å². The van der Waals surface area contributed by atoms with E-state index in [-0.39, 0.29) is 30.5 Å². The Bertz CT molecular complexity index is 1910. The maximum absolute atomic E-state index is 15.4. The van der Waals surface area contributed by atoms with Crippen LogP contribution in [0.15, 0.2) is 66.7 Å². The monoisotopic (exact) mass is 605 g/mol. The number of piperazine rings is 1. The topological polar surface area (TPSA) is 77.3 Å². The van der Waals surface area contributed by atoms with Gasteiger partial charge in [-0.2, -0.15) is 0 Å². The van der Waals surface area contributed by atoms with Crippen LogP contribution in [0.25, 0.3) is 15.6 Å². The van der Waals surface area contributed by atoms with Crippen LogP contribution in [0.4, 0.5) is 25.8 Å². The highest BCUT2D eigenvalue weighted by molar-refractivity contribution is 6.27. The van der Waals surface area contributed by atoms with E-state index in [0.717, 1.165) is 36.3 Å². The van der Waals surface area contributed by atoms with Gasteiger partial charge in [0.05, 0.1) is 23.5 Å². The summed E-state index contributed by atoms with van der Waals surface area (Å²) in [5.41, 5.74) is 4.53. The number of carbonyl (C=O) groups excluding carboxylic acids is 3. The van der Waals surface area contributed by atoms with Gasteiger partial charge in [0, 0.05) is 49.9 Å². The third-order valence-corrected chi connectivity index (χ3v) is 9.00. The second-order valence-electron chi connectivity index (χ2n) is 11.7. The summed E-state index contributed by atoms with van der Waals surface area (Å²) in [5, 5.41) is 3.18. The Hall–Kier alpha value is -5.14. The molecular weight excluding hydrogens is 576 g/mol. The lowest BCUT2D eigenvalue weighted by Gasteiger charge is -2.36. The fraction of sp³-hybridized carbons (Fsp3) is 0.257. The molecule has 0 aliphatic carbocycles. The number of anilines is 2. The highest BCUT2D eigenvalue weighted by atomic mass is 19.1. The molecule has 10 heteroatoms. The van der Waals surface area contributed by atoms with E-state index in [1.165, 1.54) is 23.1 Å². The van der Waals surface area contributed by atoms with Crippen molar-refractivity contribution in [2.75, 3.05) is 36.0 Å². The molecule has 7 rings (SSSR count). The molecule has 3 amide bonds. The van der Waals surface area contributed by atoms with Crippen LogP contribution < -0.4 is 15.1 Å². The number of hydrogen-bond acceptors (Lipinski definition) is 5. The number of benzene rings is 4. The molecule has 3 aliphatic heterocycles. The first-order chi connectivity index (χ1) is 21.8. The van der Waals surface area contributed by atoms with Gasteiger partial charge in [0.25, 0.3) is 5.91 Å². The smallest absolute Gasteiger partial charge is 0.259 e. The number of nitrogens with zero attached hydrogens (tertiary/aromatic N) is 4.